The fourth-order valence-corrected chi connectivity index (χ4v) is 4.12. The quantitative estimate of drug-likeness (QED) is 0.432. The van der Waals surface area contributed by atoms with Crippen molar-refractivity contribution in [3.05, 3.63) is 101 Å². The number of allylic oxidation sites excluding steroid dienone is 4. The second-order valence-corrected chi connectivity index (χ2v) is 8.73. The van der Waals surface area contributed by atoms with Gasteiger partial charge < -0.3 is 9.84 Å². The number of rotatable bonds is 5. The van der Waals surface area contributed by atoms with Crippen LogP contribution < -0.4 is 4.74 Å². The van der Waals surface area contributed by atoms with Crippen molar-refractivity contribution in [2.75, 3.05) is 0 Å². The SMILES string of the molecule is C=C(/C=C\C(O)=C/C)[C@@H]1c2ccc(OC(C)(C)C)cc2CC[C@@H]1c1ccccc1. The molecule has 0 saturated heterocycles. The number of fused-ring (bicyclic) bond motifs is 1. The molecule has 1 aliphatic rings. The molecule has 1 aliphatic carbocycles. The summed E-state index contributed by atoms with van der Waals surface area (Å²) in [4.78, 5) is 0. The van der Waals surface area contributed by atoms with E-state index in [2.05, 4.69) is 75.9 Å². The van der Waals surface area contributed by atoms with Crippen LogP contribution in [0.5, 0.6) is 5.75 Å². The Balaban J connectivity index is 2.01. The summed E-state index contributed by atoms with van der Waals surface area (Å²) in [5, 5.41) is 9.84. The Hall–Kier alpha value is -2.74. The Labute approximate surface area is 175 Å². The van der Waals surface area contributed by atoms with E-state index in [-0.39, 0.29) is 17.3 Å². The Morgan fingerprint density at radius 1 is 1.10 bits per heavy atom. The van der Waals surface area contributed by atoms with E-state index >= 15 is 0 Å². The van der Waals surface area contributed by atoms with Crippen LogP contribution in [-0.2, 0) is 6.42 Å². The lowest BCUT2D eigenvalue weighted by Gasteiger charge is -2.35. The van der Waals surface area contributed by atoms with Crippen LogP contribution in [0.1, 0.15) is 62.6 Å². The summed E-state index contributed by atoms with van der Waals surface area (Å²) in [7, 11) is 0. The van der Waals surface area contributed by atoms with Gasteiger partial charge in [-0.05, 0) is 93.0 Å². The van der Waals surface area contributed by atoms with Gasteiger partial charge in [0.1, 0.15) is 17.1 Å². The first-order valence-electron chi connectivity index (χ1n) is 10.4. The lowest BCUT2D eigenvalue weighted by molar-refractivity contribution is 0.130. The number of aliphatic hydroxyl groups excluding tert-OH is 1. The van der Waals surface area contributed by atoms with Gasteiger partial charge in [-0.3, -0.25) is 0 Å². The predicted molar refractivity (Wildman–Crippen MR) is 122 cm³/mol. The third kappa shape index (κ3) is 5.20. The van der Waals surface area contributed by atoms with E-state index in [1.165, 1.54) is 16.7 Å². The van der Waals surface area contributed by atoms with E-state index in [9.17, 15) is 5.11 Å². The molecule has 0 fully saturated rings. The molecule has 0 bridgehead atoms. The van der Waals surface area contributed by atoms with Crippen LogP contribution in [0.25, 0.3) is 0 Å². The van der Waals surface area contributed by atoms with Crippen molar-refractivity contribution in [1.82, 2.24) is 0 Å². The van der Waals surface area contributed by atoms with E-state index < -0.39 is 0 Å². The molecule has 0 unspecified atom stereocenters. The summed E-state index contributed by atoms with van der Waals surface area (Å²) in [5.41, 5.74) is 4.76. The van der Waals surface area contributed by atoms with Gasteiger partial charge in [-0.15, -0.1) is 0 Å². The molecule has 29 heavy (non-hydrogen) atoms. The van der Waals surface area contributed by atoms with Crippen LogP contribution in [-0.4, -0.2) is 10.7 Å². The molecule has 0 heterocycles. The van der Waals surface area contributed by atoms with Gasteiger partial charge >= 0.3 is 0 Å². The standard InChI is InChI=1S/C27H32O2/c1-6-22(28)14-12-19(2)26-24(20-10-8-7-9-11-20)16-13-21-18-23(15-17-25(21)26)29-27(3,4)5/h6-12,14-15,17-18,24,26,28H,2,13,16H2,1,3-5H3/b14-12-,22-6+/t24-,26+/m1/s1. The number of hydrogen-bond donors (Lipinski definition) is 1. The number of aliphatic hydroxyl groups is 1. The lowest BCUT2D eigenvalue weighted by atomic mass is 9.69. The first-order chi connectivity index (χ1) is 13.8. The van der Waals surface area contributed by atoms with Crippen LogP contribution in [0.4, 0.5) is 0 Å². The summed E-state index contributed by atoms with van der Waals surface area (Å²) >= 11 is 0. The zero-order valence-electron chi connectivity index (χ0n) is 18.0. The highest BCUT2D eigenvalue weighted by molar-refractivity contribution is 5.48. The molecule has 0 aliphatic heterocycles. The van der Waals surface area contributed by atoms with Crippen LogP contribution in [0.3, 0.4) is 0 Å². The van der Waals surface area contributed by atoms with Crippen molar-refractivity contribution in [3.63, 3.8) is 0 Å². The van der Waals surface area contributed by atoms with Crippen molar-refractivity contribution in [2.24, 2.45) is 0 Å². The summed E-state index contributed by atoms with van der Waals surface area (Å²) < 4.78 is 6.09. The van der Waals surface area contributed by atoms with Crippen molar-refractivity contribution in [3.8, 4) is 5.75 Å². The first-order valence-corrected chi connectivity index (χ1v) is 10.4. The van der Waals surface area contributed by atoms with Gasteiger partial charge in [0.2, 0.25) is 0 Å². The molecular formula is C27H32O2. The van der Waals surface area contributed by atoms with Gasteiger partial charge in [-0.25, -0.2) is 0 Å². The molecule has 0 spiro atoms. The van der Waals surface area contributed by atoms with Crippen LogP contribution >= 0.6 is 0 Å². The number of ether oxygens (including phenoxy) is 1. The van der Waals surface area contributed by atoms with Crippen LogP contribution in [0.2, 0.25) is 0 Å². The van der Waals surface area contributed by atoms with Gasteiger partial charge in [0, 0.05) is 5.92 Å². The highest BCUT2D eigenvalue weighted by Gasteiger charge is 2.32. The maximum absolute atomic E-state index is 9.84. The largest absolute Gasteiger partial charge is 0.508 e. The molecule has 2 aromatic carbocycles. The molecule has 2 nitrogen and oxygen atoms in total. The van der Waals surface area contributed by atoms with Gasteiger partial charge in [0.15, 0.2) is 0 Å². The topological polar surface area (TPSA) is 29.5 Å². The summed E-state index contributed by atoms with van der Waals surface area (Å²) in [5.74, 6) is 1.71. The molecule has 152 valence electrons. The molecule has 3 rings (SSSR count). The molecular weight excluding hydrogens is 356 g/mol. The maximum Gasteiger partial charge on any atom is 0.120 e. The van der Waals surface area contributed by atoms with Gasteiger partial charge in [0.05, 0.1) is 0 Å². The second-order valence-electron chi connectivity index (χ2n) is 8.73. The minimum Gasteiger partial charge on any atom is -0.508 e. The average molecular weight is 389 g/mol. The molecule has 0 amide bonds. The normalized spacial score (nSPS) is 19.8. The zero-order chi connectivity index (χ0) is 21.0. The fourth-order valence-electron chi connectivity index (χ4n) is 4.12. The van der Waals surface area contributed by atoms with Crippen molar-refractivity contribution in [2.45, 2.75) is 58.0 Å². The molecule has 2 atom stereocenters. The predicted octanol–water partition coefficient (Wildman–Crippen LogP) is 7.25. The van der Waals surface area contributed by atoms with Crippen molar-refractivity contribution < 1.29 is 9.84 Å². The third-order valence-corrected chi connectivity index (χ3v) is 5.39. The highest BCUT2D eigenvalue weighted by Crippen LogP contribution is 2.47. The summed E-state index contributed by atoms with van der Waals surface area (Å²) in [6.07, 6.45) is 7.44. The monoisotopic (exact) mass is 388 g/mol. The van der Waals surface area contributed by atoms with E-state index in [1.807, 2.05) is 13.0 Å². The number of hydrogen-bond acceptors (Lipinski definition) is 2. The molecule has 2 heteroatoms. The molecule has 0 saturated carbocycles. The molecule has 1 N–H and O–H groups in total. The Kier molecular flexibility index (Phi) is 6.32. The van der Waals surface area contributed by atoms with E-state index in [1.54, 1.807) is 12.2 Å². The second kappa shape index (κ2) is 8.73. The van der Waals surface area contributed by atoms with Crippen molar-refractivity contribution >= 4 is 0 Å². The summed E-state index contributed by atoms with van der Waals surface area (Å²) in [6.45, 7) is 12.4. The Morgan fingerprint density at radius 3 is 2.48 bits per heavy atom. The lowest BCUT2D eigenvalue weighted by Crippen LogP contribution is -2.24. The average Bonchev–Trinajstić information content (AvgIpc) is 2.70. The Morgan fingerprint density at radius 2 is 1.83 bits per heavy atom. The van der Waals surface area contributed by atoms with Gasteiger partial charge in [-0.2, -0.15) is 0 Å². The van der Waals surface area contributed by atoms with Crippen LogP contribution in [0.15, 0.2) is 84.7 Å². The first kappa shape index (κ1) is 21.0. The van der Waals surface area contributed by atoms with E-state index in [0.717, 1.165) is 24.2 Å². The number of benzene rings is 2. The third-order valence-electron chi connectivity index (χ3n) is 5.39. The highest BCUT2D eigenvalue weighted by atomic mass is 16.5. The minimum atomic E-state index is -0.217. The smallest absolute Gasteiger partial charge is 0.120 e. The van der Waals surface area contributed by atoms with Crippen molar-refractivity contribution in [1.29, 1.82) is 0 Å². The van der Waals surface area contributed by atoms with E-state index in [0.29, 0.717) is 5.92 Å². The maximum atomic E-state index is 9.84. The summed E-state index contributed by atoms with van der Waals surface area (Å²) in [6, 6.07) is 17.1. The minimum absolute atomic E-state index is 0.172. The van der Waals surface area contributed by atoms with Crippen LogP contribution in [0, 0.1) is 0 Å². The molecule has 0 radical (unpaired) electrons. The fraction of sp³-hybridized carbons (Fsp3) is 0.333. The number of aryl methyl sites for hydroxylation is 1. The zero-order valence-corrected chi connectivity index (χ0v) is 18.0. The van der Waals surface area contributed by atoms with Gasteiger partial charge in [0.25, 0.3) is 0 Å². The van der Waals surface area contributed by atoms with Gasteiger partial charge in [-0.1, -0.05) is 49.1 Å². The van der Waals surface area contributed by atoms with E-state index in [4.69, 9.17) is 4.74 Å². The molecule has 2 aromatic rings. The molecule has 0 aromatic heterocycles. The Bertz CT molecular complexity index is 913.